The third-order valence-corrected chi connectivity index (χ3v) is 4.98. The van der Waals surface area contributed by atoms with Crippen LogP contribution in [-0.2, 0) is 4.79 Å². The van der Waals surface area contributed by atoms with E-state index in [0.29, 0.717) is 11.1 Å². The number of methoxy groups -OCH3 is 1. The molecule has 0 aliphatic heterocycles. The molecule has 2 aromatic carbocycles. The number of aromatic nitrogens is 2. The van der Waals surface area contributed by atoms with Crippen LogP contribution in [0.25, 0.3) is 11.5 Å². The van der Waals surface area contributed by atoms with Crippen molar-refractivity contribution in [3.8, 4) is 17.2 Å². The molecule has 1 atom stereocenters. The Morgan fingerprint density at radius 2 is 1.79 bits per heavy atom. The zero-order valence-electron chi connectivity index (χ0n) is 16.2. The number of hydrogen-bond acceptors (Lipinski definition) is 7. The van der Waals surface area contributed by atoms with E-state index >= 15 is 0 Å². The topological polar surface area (TPSA) is 80.5 Å². The molecule has 3 rings (SSSR count). The molecule has 0 radical (unpaired) electrons. The molecule has 1 aromatic heterocycles. The summed E-state index contributed by atoms with van der Waals surface area (Å²) in [5.74, 6) is 1.02. The average molecular weight is 398 g/mol. The predicted molar refractivity (Wildman–Crippen MR) is 111 cm³/mol. The third kappa shape index (κ3) is 4.83. The SMILES string of the molecule is COc1ccc(-c2nnc(SC(C)C(=O)Nc3ccc(N(C)C)cc3)o2)cc1. The summed E-state index contributed by atoms with van der Waals surface area (Å²) < 4.78 is 10.8. The highest BCUT2D eigenvalue weighted by Crippen LogP contribution is 2.28. The maximum Gasteiger partial charge on any atom is 0.277 e. The van der Waals surface area contributed by atoms with Gasteiger partial charge in [-0.3, -0.25) is 4.79 Å². The Morgan fingerprint density at radius 1 is 1.11 bits per heavy atom. The van der Waals surface area contributed by atoms with Crippen LogP contribution >= 0.6 is 11.8 Å². The van der Waals surface area contributed by atoms with Crippen molar-refractivity contribution in [3.63, 3.8) is 0 Å². The van der Waals surface area contributed by atoms with Gasteiger partial charge in [-0.25, -0.2) is 0 Å². The van der Waals surface area contributed by atoms with Crippen LogP contribution < -0.4 is 15.0 Å². The number of anilines is 2. The van der Waals surface area contributed by atoms with E-state index in [4.69, 9.17) is 9.15 Å². The maximum atomic E-state index is 12.4. The van der Waals surface area contributed by atoms with Gasteiger partial charge in [-0.1, -0.05) is 11.8 Å². The fourth-order valence-electron chi connectivity index (χ4n) is 2.40. The van der Waals surface area contributed by atoms with E-state index in [0.717, 1.165) is 22.7 Å². The first-order chi connectivity index (χ1) is 13.5. The van der Waals surface area contributed by atoms with E-state index in [-0.39, 0.29) is 5.91 Å². The average Bonchev–Trinajstić information content (AvgIpc) is 3.17. The second-order valence-corrected chi connectivity index (χ2v) is 7.58. The summed E-state index contributed by atoms with van der Waals surface area (Å²) in [4.78, 5) is 14.4. The lowest BCUT2D eigenvalue weighted by atomic mass is 10.2. The van der Waals surface area contributed by atoms with Gasteiger partial charge in [0.15, 0.2) is 0 Å². The smallest absolute Gasteiger partial charge is 0.277 e. The van der Waals surface area contributed by atoms with E-state index in [1.807, 2.05) is 67.5 Å². The first kappa shape index (κ1) is 19.8. The molecule has 7 nitrogen and oxygen atoms in total. The zero-order chi connectivity index (χ0) is 20.1. The maximum absolute atomic E-state index is 12.4. The van der Waals surface area contributed by atoms with Gasteiger partial charge in [0, 0.05) is 31.0 Å². The number of benzene rings is 2. The first-order valence-electron chi connectivity index (χ1n) is 8.69. The fraction of sp³-hybridized carbons (Fsp3) is 0.250. The molecule has 1 heterocycles. The molecular formula is C20H22N4O3S. The first-order valence-corrected chi connectivity index (χ1v) is 9.57. The fourth-order valence-corrected chi connectivity index (χ4v) is 3.08. The van der Waals surface area contributed by atoms with Crippen molar-refractivity contribution in [2.24, 2.45) is 0 Å². The number of carbonyl (C=O) groups is 1. The Balaban J connectivity index is 1.60. The van der Waals surface area contributed by atoms with Crippen LogP contribution in [-0.4, -0.2) is 42.6 Å². The van der Waals surface area contributed by atoms with Crippen LogP contribution in [0.5, 0.6) is 5.75 Å². The van der Waals surface area contributed by atoms with Gasteiger partial charge in [0.25, 0.3) is 5.22 Å². The highest BCUT2D eigenvalue weighted by atomic mass is 32.2. The highest BCUT2D eigenvalue weighted by Gasteiger charge is 2.19. The summed E-state index contributed by atoms with van der Waals surface area (Å²) in [5.41, 5.74) is 2.60. The summed E-state index contributed by atoms with van der Waals surface area (Å²) in [6, 6.07) is 15.0. The molecule has 146 valence electrons. The van der Waals surface area contributed by atoms with E-state index in [1.165, 1.54) is 11.8 Å². The minimum atomic E-state index is -0.391. The van der Waals surface area contributed by atoms with Crippen LogP contribution in [0.15, 0.2) is 58.2 Å². The lowest BCUT2D eigenvalue weighted by molar-refractivity contribution is -0.115. The molecule has 8 heteroatoms. The number of carbonyl (C=O) groups excluding carboxylic acids is 1. The van der Waals surface area contributed by atoms with E-state index < -0.39 is 5.25 Å². The Hall–Kier alpha value is -3.00. The Morgan fingerprint density at radius 3 is 2.39 bits per heavy atom. The second kappa shape index (κ2) is 8.79. The van der Waals surface area contributed by atoms with Crippen LogP contribution in [0.2, 0.25) is 0 Å². The van der Waals surface area contributed by atoms with Crippen molar-refractivity contribution < 1.29 is 13.9 Å². The molecule has 1 unspecified atom stereocenters. The largest absolute Gasteiger partial charge is 0.497 e. The lowest BCUT2D eigenvalue weighted by Gasteiger charge is -2.14. The molecule has 0 saturated carbocycles. The van der Waals surface area contributed by atoms with Gasteiger partial charge >= 0.3 is 0 Å². The van der Waals surface area contributed by atoms with Crippen LogP contribution in [0.1, 0.15) is 6.92 Å². The van der Waals surface area contributed by atoms with Crippen LogP contribution in [0, 0.1) is 0 Å². The van der Waals surface area contributed by atoms with Crippen molar-refractivity contribution in [2.45, 2.75) is 17.4 Å². The number of hydrogen-bond donors (Lipinski definition) is 1. The van der Waals surface area contributed by atoms with Crippen LogP contribution in [0.3, 0.4) is 0 Å². The van der Waals surface area contributed by atoms with Gasteiger partial charge < -0.3 is 19.4 Å². The van der Waals surface area contributed by atoms with E-state index in [9.17, 15) is 4.79 Å². The number of thioether (sulfide) groups is 1. The molecule has 3 aromatic rings. The summed E-state index contributed by atoms with van der Waals surface area (Å²) in [7, 11) is 5.55. The normalized spacial score (nSPS) is 11.7. The third-order valence-electron chi connectivity index (χ3n) is 4.04. The van der Waals surface area contributed by atoms with Gasteiger partial charge in [-0.15, -0.1) is 10.2 Å². The number of nitrogens with zero attached hydrogens (tertiary/aromatic N) is 3. The van der Waals surface area contributed by atoms with Gasteiger partial charge in [0.05, 0.1) is 12.4 Å². The lowest BCUT2D eigenvalue weighted by Crippen LogP contribution is -2.22. The molecule has 0 spiro atoms. The Bertz CT molecular complexity index is 923. The minimum Gasteiger partial charge on any atom is -0.497 e. The minimum absolute atomic E-state index is 0.133. The summed E-state index contributed by atoms with van der Waals surface area (Å²) in [6.07, 6.45) is 0. The van der Waals surface area contributed by atoms with Crippen molar-refractivity contribution in [1.82, 2.24) is 10.2 Å². The molecular weight excluding hydrogens is 376 g/mol. The molecule has 1 amide bonds. The molecule has 0 saturated heterocycles. The van der Waals surface area contributed by atoms with Gasteiger partial charge in [-0.05, 0) is 55.5 Å². The standard InChI is InChI=1S/C20H22N4O3S/c1-13(18(25)21-15-7-9-16(10-8-15)24(2)3)28-20-23-22-19(27-20)14-5-11-17(26-4)12-6-14/h5-13H,1-4H3,(H,21,25). The van der Waals surface area contributed by atoms with Gasteiger partial charge in [0.2, 0.25) is 11.8 Å². The molecule has 0 fully saturated rings. The monoisotopic (exact) mass is 398 g/mol. The molecule has 0 aliphatic rings. The number of ether oxygens (including phenoxy) is 1. The zero-order valence-corrected chi connectivity index (χ0v) is 17.0. The van der Waals surface area contributed by atoms with E-state index in [2.05, 4.69) is 15.5 Å². The summed E-state index contributed by atoms with van der Waals surface area (Å²) in [6.45, 7) is 1.80. The van der Waals surface area contributed by atoms with E-state index in [1.54, 1.807) is 14.0 Å². The van der Waals surface area contributed by atoms with Crippen molar-refractivity contribution in [3.05, 3.63) is 48.5 Å². The molecule has 0 aliphatic carbocycles. The van der Waals surface area contributed by atoms with Crippen molar-refractivity contribution in [1.29, 1.82) is 0 Å². The predicted octanol–water partition coefficient (Wildman–Crippen LogP) is 3.93. The number of nitrogens with one attached hydrogen (secondary N) is 1. The summed E-state index contributed by atoms with van der Waals surface area (Å²) >= 11 is 1.22. The number of amides is 1. The Labute approximate surface area is 168 Å². The highest BCUT2D eigenvalue weighted by molar-refractivity contribution is 8.00. The molecule has 1 N–H and O–H groups in total. The summed E-state index contributed by atoms with van der Waals surface area (Å²) in [5, 5.41) is 10.9. The molecule has 0 bridgehead atoms. The molecule has 28 heavy (non-hydrogen) atoms. The van der Waals surface area contributed by atoms with Crippen LogP contribution in [0.4, 0.5) is 11.4 Å². The Kier molecular flexibility index (Phi) is 6.20. The van der Waals surface area contributed by atoms with Crippen molar-refractivity contribution in [2.75, 3.05) is 31.4 Å². The second-order valence-electron chi connectivity index (χ2n) is 6.29. The van der Waals surface area contributed by atoms with Gasteiger partial charge in [0.1, 0.15) is 5.75 Å². The van der Waals surface area contributed by atoms with Gasteiger partial charge in [-0.2, -0.15) is 0 Å². The van der Waals surface area contributed by atoms with Crippen molar-refractivity contribution >= 4 is 29.0 Å². The quantitative estimate of drug-likeness (QED) is 0.604. The number of rotatable bonds is 7.